The number of hydrogen-bond acceptors (Lipinski definition) is 4. The Morgan fingerprint density at radius 1 is 1.17 bits per heavy atom. The molecule has 1 fully saturated rings. The number of rotatable bonds is 3. The fraction of sp³-hybridized carbons (Fsp3) is 0.375. The Morgan fingerprint density at radius 3 is 2.58 bits per heavy atom. The van der Waals surface area contributed by atoms with Gasteiger partial charge in [-0.25, -0.2) is 9.67 Å². The van der Waals surface area contributed by atoms with Gasteiger partial charge in [0.2, 0.25) is 5.28 Å². The summed E-state index contributed by atoms with van der Waals surface area (Å²) in [5.41, 5.74) is 3.11. The summed E-state index contributed by atoms with van der Waals surface area (Å²) in [4.78, 5) is 8.76. The molecule has 1 saturated carbocycles. The lowest BCUT2D eigenvalue weighted by molar-refractivity contribution is 0.556. The van der Waals surface area contributed by atoms with Crippen molar-refractivity contribution >= 4 is 46.0 Å². The van der Waals surface area contributed by atoms with Gasteiger partial charge < -0.3 is 0 Å². The molecule has 0 N–H and O–H groups in total. The highest BCUT2D eigenvalue weighted by Crippen LogP contribution is 2.48. The minimum Gasteiger partial charge on any atom is -0.220 e. The largest absolute Gasteiger partial charge is 0.224 e. The second kappa shape index (κ2) is 5.55. The van der Waals surface area contributed by atoms with Crippen molar-refractivity contribution in [2.24, 2.45) is 0 Å². The lowest BCUT2D eigenvalue weighted by Gasteiger charge is -2.15. The first-order chi connectivity index (χ1) is 11.4. The van der Waals surface area contributed by atoms with Crippen molar-refractivity contribution < 1.29 is 0 Å². The van der Waals surface area contributed by atoms with Gasteiger partial charge in [0.05, 0.1) is 11.7 Å². The lowest BCUT2D eigenvalue weighted by atomic mass is 10.0. The monoisotopic (exact) mass is 381 g/mol. The van der Waals surface area contributed by atoms with Crippen LogP contribution in [0.15, 0.2) is 18.2 Å². The van der Waals surface area contributed by atoms with Crippen LogP contribution in [0.2, 0.25) is 15.3 Å². The molecule has 24 heavy (non-hydrogen) atoms. The van der Waals surface area contributed by atoms with Gasteiger partial charge in [-0.3, -0.25) is 0 Å². The molecule has 0 spiro atoms. The van der Waals surface area contributed by atoms with E-state index in [0.717, 1.165) is 24.1 Å². The van der Waals surface area contributed by atoms with E-state index >= 15 is 0 Å². The van der Waals surface area contributed by atoms with Gasteiger partial charge >= 0.3 is 0 Å². The molecule has 0 bridgehead atoms. The van der Waals surface area contributed by atoms with Gasteiger partial charge in [0.1, 0.15) is 0 Å². The van der Waals surface area contributed by atoms with Crippen molar-refractivity contribution in [3.63, 3.8) is 0 Å². The van der Waals surface area contributed by atoms with Crippen LogP contribution < -0.4 is 0 Å². The molecule has 1 aliphatic rings. The van der Waals surface area contributed by atoms with Gasteiger partial charge in [0.25, 0.3) is 0 Å². The zero-order valence-corrected chi connectivity index (χ0v) is 15.4. The normalized spacial score (nSPS) is 17.2. The zero-order chi connectivity index (χ0) is 17.1. The number of hydrogen-bond donors (Lipinski definition) is 0. The highest BCUT2D eigenvalue weighted by atomic mass is 35.5. The van der Waals surface area contributed by atoms with Crippen LogP contribution in [0, 0.1) is 0 Å². The third-order valence-corrected chi connectivity index (χ3v) is 5.38. The zero-order valence-electron chi connectivity index (χ0n) is 13.1. The SMILES string of the molecule is C[C@H](c1ccc(Cl)cc1Cl)n1nnc2c(C3(C)CC3)nc(Cl)nc21. The molecule has 1 aliphatic carbocycles. The van der Waals surface area contributed by atoms with Gasteiger partial charge in [-0.2, -0.15) is 4.98 Å². The van der Waals surface area contributed by atoms with Crippen molar-refractivity contribution in [1.82, 2.24) is 25.0 Å². The van der Waals surface area contributed by atoms with Crippen molar-refractivity contribution in [3.05, 3.63) is 44.8 Å². The molecule has 3 aromatic rings. The summed E-state index contributed by atoms with van der Waals surface area (Å²) >= 11 is 18.5. The van der Waals surface area contributed by atoms with Crippen LogP contribution in [-0.2, 0) is 5.41 Å². The molecule has 2 aromatic heterocycles. The van der Waals surface area contributed by atoms with E-state index < -0.39 is 0 Å². The molecule has 124 valence electrons. The predicted molar refractivity (Wildman–Crippen MR) is 95.0 cm³/mol. The molecule has 1 aromatic carbocycles. The third-order valence-electron chi connectivity index (χ3n) is 4.65. The van der Waals surface area contributed by atoms with Crippen LogP contribution in [0.25, 0.3) is 11.2 Å². The smallest absolute Gasteiger partial charge is 0.220 e. The van der Waals surface area contributed by atoms with Gasteiger partial charge in [0, 0.05) is 15.5 Å². The van der Waals surface area contributed by atoms with Crippen molar-refractivity contribution in [2.75, 3.05) is 0 Å². The third kappa shape index (κ3) is 2.55. The summed E-state index contributed by atoms with van der Waals surface area (Å²) in [6.07, 6.45) is 2.14. The average Bonchev–Trinajstić information content (AvgIpc) is 3.13. The summed E-state index contributed by atoms with van der Waals surface area (Å²) in [5, 5.41) is 9.99. The number of fused-ring (bicyclic) bond motifs is 1. The Balaban J connectivity index is 1.87. The molecule has 0 amide bonds. The summed E-state index contributed by atoms with van der Waals surface area (Å²) in [6, 6.07) is 5.24. The number of aromatic nitrogens is 5. The topological polar surface area (TPSA) is 56.5 Å². The van der Waals surface area contributed by atoms with E-state index in [-0.39, 0.29) is 16.7 Å². The highest BCUT2D eigenvalue weighted by Gasteiger charge is 2.43. The Kier molecular flexibility index (Phi) is 3.71. The van der Waals surface area contributed by atoms with Crippen LogP contribution in [0.4, 0.5) is 0 Å². The maximum absolute atomic E-state index is 6.33. The molecular weight excluding hydrogens is 369 g/mol. The predicted octanol–water partition coefficient (Wildman–Crippen LogP) is 4.84. The number of nitrogens with zero attached hydrogens (tertiary/aromatic N) is 5. The highest BCUT2D eigenvalue weighted by molar-refractivity contribution is 6.35. The van der Waals surface area contributed by atoms with Crippen molar-refractivity contribution in [2.45, 2.75) is 38.1 Å². The molecule has 8 heteroatoms. The first-order valence-electron chi connectivity index (χ1n) is 7.63. The standard InChI is InChI=1S/C16H14Cl3N5/c1-8(10-4-3-9(17)7-11(10)18)24-14-12(22-23-24)13(16(2)5-6-16)20-15(19)21-14/h3-4,7-8H,5-6H2,1-2H3/t8-/m1/s1. The van der Waals surface area contributed by atoms with E-state index in [4.69, 9.17) is 34.8 Å². The van der Waals surface area contributed by atoms with Gasteiger partial charge in [-0.1, -0.05) is 41.4 Å². The Morgan fingerprint density at radius 2 is 1.92 bits per heavy atom. The molecule has 4 rings (SSSR count). The van der Waals surface area contributed by atoms with Crippen LogP contribution in [-0.4, -0.2) is 25.0 Å². The van der Waals surface area contributed by atoms with Crippen LogP contribution in [0.3, 0.4) is 0 Å². The molecule has 0 unspecified atom stereocenters. The van der Waals surface area contributed by atoms with Crippen LogP contribution >= 0.6 is 34.8 Å². The van der Waals surface area contributed by atoms with Crippen LogP contribution in [0.1, 0.15) is 44.0 Å². The quantitative estimate of drug-likeness (QED) is 0.608. The van der Waals surface area contributed by atoms with E-state index in [0.29, 0.717) is 21.2 Å². The maximum Gasteiger partial charge on any atom is 0.224 e. The second-order valence-electron chi connectivity index (χ2n) is 6.45. The van der Waals surface area contributed by atoms with Crippen molar-refractivity contribution in [1.29, 1.82) is 0 Å². The summed E-state index contributed by atoms with van der Waals surface area (Å²) < 4.78 is 1.73. The number of halogens is 3. The second-order valence-corrected chi connectivity index (χ2v) is 7.63. The Labute approximate surface area is 153 Å². The maximum atomic E-state index is 6.33. The van der Waals surface area contributed by atoms with E-state index in [2.05, 4.69) is 27.2 Å². The lowest BCUT2D eigenvalue weighted by Crippen LogP contribution is -2.11. The van der Waals surface area contributed by atoms with E-state index in [1.165, 1.54) is 0 Å². The molecule has 1 atom stereocenters. The first kappa shape index (κ1) is 16.1. The summed E-state index contributed by atoms with van der Waals surface area (Å²) in [7, 11) is 0. The fourth-order valence-corrected chi connectivity index (χ4v) is 3.61. The molecular formula is C16H14Cl3N5. The van der Waals surface area contributed by atoms with Gasteiger partial charge in [-0.15, -0.1) is 5.10 Å². The average molecular weight is 383 g/mol. The fourth-order valence-electron chi connectivity index (χ4n) is 2.88. The van der Waals surface area contributed by atoms with Crippen LogP contribution in [0.5, 0.6) is 0 Å². The Bertz CT molecular complexity index is 948. The van der Waals surface area contributed by atoms with Gasteiger partial charge in [-0.05, 0) is 49.1 Å². The van der Waals surface area contributed by atoms with E-state index in [1.807, 2.05) is 13.0 Å². The molecule has 2 heterocycles. The molecule has 5 nitrogen and oxygen atoms in total. The van der Waals surface area contributed by atoms with E-state index in [9.17, 15) is 0 Å². The molecule has 0 saturated heterocycles. The summed E-state index contributed by atoms with van der Waals surface area (Å²) in [5.74, 6) is 0. The minimum atomic E-state index is -0.161. The minimum absolute atomic E-state index is 0.0207. The summed E-state index contributed by atoms with van der Waals surface area (Å²) in [6.45, 7) is 4.14. The molecule has 0 radical (unpaired) electrons. The van der Waals surface area contributed by atoms with E-state index in [1.54, 1.807) is 16.8 Å². The Hall–Kier alpha value is -1.43. The number of benzene rings is 1. The van der Waals surface area contributed by atoms with Gasteiger partial charge in [0.15, 0.2) is 11.2 Å². The first-order valence-corrected chi connectivity index (χ1v) is 8.76. The molecule has 0 aliphatic heterocycles. The van der Waals surface area contributed by atoms with Crippen molar-refractivity contribution in [3.8, 4) is 0 Å².